The minimum absolute atomic E-state index is 0.111. The Morgan fingerprint density at radius 3 is 2.73 bits per heavy atom. The van der Waals surface area contributed by atoms with Crippen molar-refractivity contribution in [1.82, 2.24) is 4.98 Å². The van der Waals surface area contributed by atoms with E-state index in [9.17, 15) is 13.6 Å². The molecule has 7 heteroatoms. The molecule has 0 aliphatic rings. The molecule has 1 heterocycles. The number of hydrogen-bond acceptors (Lipinski definition) is 4. The van der Waals surface area contributed by atoms with Gasteiger partial charge in [0.25, 0.3) is 0 Å². The molecular weight excluding hydrogens is 316 g/mol. The molecule has 2 rings (SSSR count). The number of carbonyl (C=O) groups excluding carboxylic acids is 1. The van der Waals surface area contributed by atoms with E-state index in [1.807, 2.05) is 0 Å². The number of nitrogens with zero attached hydrogens (tertiary/aromatic N) is 1. The van der Waals surface area contributed by atoms with Gasteiger partial charge in [0.05, 0.1) is 17.7 Å². The Bertz CT molecular complexity index is 707. The maximum Gasteiger partial charge on any atom is 0.387 e. The maximum absolute atomic E-state index is 12.6. The van der Waals surface area contributed by atoms with Crippen LogP contribution in [0.15, 0.2) is 30.5 Å². The summed E-state index contributed by atoms with van der Waals surface area (Å²) >= 11 is 6.12. The molecule has 0 spiro atoms. The third kappa shape index (κ3) is 3.33. The van der Waals surface area contributed by atoms with Crippen LogP contribution in [-0.2, 0) is 4.74 Å². The van der Waals surface area contributed by atoms with Crippen LogP contribution in [0, 0.1) is 6.92 Å². The maximum atomic E-state index is 12.6. The van der Waals surface area contributed by atoms with Crippen molar-refractivity contribution < 1.29 is 23.0 Å². The normalized spacial score (nSPS) is 10.6. The number of methoxy groups -OCH3 is 1. The monoisotopic (exact) mass is 327 g/mol. The number of halogens is 3. The third-order valence-corrected chi connectivity index (χ3v) is 3.22. The van der Waals surface area contributed by atoms with E-state index in [-0.39, 0.29) is 21.9 Å². The van der Waals surface area contributed by atoms with Crippen LogP contribution in [0.2, 0.25) is 5.02 Å². The van der Waals surface area contributed by atoms with Gasteiger partial charge in [0.15, 0.2) is 0 Å². The van der Waals surface area contributed by atoms with Crippen molar-refractivity contribution in [2.24, 2.45) is 0 Å². The van der Waals surface area contributed by atoms with E-state index >= 15 is 0 Å². The van der Waals surface area contributed by atoms with Crippen LogP contribution in [0.3, 0.4) is 0 Å². The second-order valence-electron chi connectivity index (χ2n) is 4.35. The molecule has 0 saturated heterocycles. The second kappa shape index (κ2) is 6.70. The van der Waals surface area contributed by atoms with Crippen LogP contribution < -0.4 is 4.74 Å². The zero-order valence-electron chi connectivity index (χ0n) is 11.8. The summed E-state index contributed by atoms with van der Waals surface area (Å²) in [6, 6.07) is 5.91. The molecule has 0 bridgehead atoms. The molecule has 0 atom stereocenters. The van der Waals surface area contributed by atoms with Crippen molar-refractivity contribution in [3.05, 3.63) is 46.7 Å². The number of alkyl halides is 2. The van der Waals surface area contributed by atoms with Gasteiger partial charge in [0, 0.05) is 23.0 Å². The van der Waals surface area contributed by atoms with Gasteiger partial charge in [-0.05, 0) is 25.1 Å². The molecule has 1 aromatic carbocycles. The van der Waals surface area contributed by atoms with E-state index in [0.29, 0.717) is 11.3 Å². The second-order valence-corrected chi connectivity index (χ2v) is 4.76. The summed E-state index contributed by atoms with van der Waals surface area (Å²) in [4.78, 5) is 15.9. The molecule has 0 aliphatic carbocycles. The number of hydrogen-bond donors (Lipinski definition) is 0. The first-order valence-electron chi connectivity index (χ1n) is 6.22. The molecule has 0 unspecified atom stereocenters. The van der Waals surface area contributed by atoms with Gasteiger partial charge in [-0.3, -0.25) is 4.98 Å². The zero-order chi connectivity index (χ0) is 16.3. The Labute approximate surface area is 130 Å². The minimum Gasteiger partial charge on any atom is -0.465 e. The molecular formula is C15H12ClF2NO3. The molecule has 116 valence electrons. The van der Waals surface area contributed by atoms with Crippen molar-refractivity contribution in [3.63, 3.8) is 0 Å². The molecule has 2 aromatic rings. The highest BCUT2D eigenvalue weighted by molar-refractivity contribution is 6.34. The lowest BCUT2D eigenvalue weighted by Crippen LogP contribution is -2.07. The van der Waals surface area contributed by atoms with Crippen molar-refractivity contribution >= 4 is 17.6 Å². The lowest BCUT2D eigenvalue weighted by molar-refractivity contribution is -0.0494. The lowest BCUT2D eigenvalue weighted by atomic mass is 9.99. The summed E-state index contributed by atoms with van der Waals surface area (Å²) in [5.74, 6) is -0.774. The van der Waals surface area contributed by atoms with E-state index in [0.717, 1.165) is 0 Å². The fourth-order valence-electron chi connectivity index (χ4n) is 2.00. The summed E-state index contributed by atoms with van der Waals surface area (Å²) in [6.45, 7) is -1.31. The number of pyridine rings is 1. The standard InChI is InChI=1S/C15H12ClF2NO3/c1-8-6-9(10(7-19-8)14(20)21-2)13-11(16)4-3-5-12(13)22-15(17)18/h3-7,15H,1-2H3. The van der Waals surface area contributed by atoms with Gasteiger partial charge >= 0.3 is 12.6 Å². The third-order valence-electron chi connectivity index (χ3n) is 2.91. The lowest BCUT2D eigenvalue weighted by Gasteiger charge is -2.15. The summed E-state index contributed by atoms with van der Waals surface area (Å²) in [7, 11) is 1.22. The van der Waals surface area contributed by atoms with Crippen molar-refractivity contribution in [1.29, 1.82) is 0 Å². The van der Waals surface area contributed by atoms with Crippen LogP contribution in [0.4, 0.5) is 8.78 Å². The number of ether oxygens (including phenoxy) is 2. The fraction of sp³-hybridized carbons (Fsp3) is 0.200. The van der Waals surface area contributed by atoms with E-state index in [2.05, 4.69) is 14.5 Å². The molecule has 0 N–H and O–H groups in total. The van der Waals surface area contributed by atoms with Crippen molar-refractivity contribution in [2.75, 3.05) is 7.11 Å². The van der Waals surface area contributed by atoms with Gasteiger partial charge in [-0.2, -0.15) is 8.78 Å². The van der Waals surface area contributed by atoms with Gasteiger partial charge in [-0.15, -0.1) is 0 Å². The van der Waals surface area contributed by atoms with Crippen LogP contribution in [0.5, 0.6) is 5.75 Å². The predicted molar refractivity (Wildman–Crippen MR) is 77.4 cm³/mol. The van der Waals surface area contributed by atoms with Gasteiger partial charge in [0.2, 0.25) is 0 Å². The average Bonchev–Trinajstić information content (AvgIpc) is 2.46. The van der Waals surface area contributed by atoms with Gasteiger partial charge in [0.1, 0.15) is 5.75 Å². The largest absolute Gasteiger partial charge is 0.465 e. The summed E-state index contributed by atoms with van der Waals surface area (Å²) in [6.07, 6.45) is 1.31. The highest BCUT2D eigenvalue weighted by Crippen LogP contribution is 2.39. The Hall–Kier alpha value is -2.21. The number of aryl methyl sites for hydroxylation is 1. The first-order chi connectivity index (χ1) is 10.4. The Balaban J connectivity index is 2.70. The van der Waals surface area contributed by atoms with Gasteiger partial charge in [-0.25, -0.2) is 4.79 Å². The SMILES string of the molecule is COC(=O)c1cnc(C)cc1-c1c(Cl)cccc1OC(F)F. The van der Waals surface area contributed by atoms with Crippen LogP contribution in [-0.4, -0.2) is 24.7 Å². The summed E-state index contributed by atoms with van der Waals surface area (Å²) in [5, 5.41) is 0.175. The molecule has 1 aromatic heterocycles. The number of benzene rings is 1. The van der Waals surface area contributed by atoms with E-state index in [1.165, 1.54) is 31.5 Å². The number of rotatable bonds is 4. The van der Waals surface area contributed by atoms with Gasteiger partial charge < -0.3 is 9.47 Å². The predicted octanol–water partition coefficient (Wildman–Crippen LogP) is 4.10. The Morgan fingerprint density at radius 1 is 1.36 bits per heavy atom. The Kier molecular flexibility index (Phi) is 4.92. The molecule has 0 amide bonds. The average molecular weight is 328 g/mol. The van der Waals surface area contributed by atoms with Crippen LogP contribution in [0.1, 0.15) is 16.1 Å². The van der Waals surface area contributed by atoms with Crippen molar-refractivity contribution in [2.45, 2.75) is 13.5 Å². The minimum atomic E-state index is -3.01. The van der Waals surface area contributed by atoms with Crippen LogP contribution in [0.25, 0.3) is 11.1 Å². The smallest absolute Gasteiger partial charge is 0.387 e. The quantitative estimate of drug-likeness (QED) is 0.793. The molecule has 0 saturated carbocycles. The van der Waals surface area contributed by atoms with Crippen molar-refractivity contribution in [3.8, 4) is 16.9 Å². The summed E-state index contributed by atoms with van der Waals surface area (Å²) in [5.41, 5.74) is 1.21. The fourth-order valence-corrected chi connectivity index (χ4v) is 2.27. The number of esters is 1. The number of aromatic nitrogens is 1. The topological polar surface area (TPSA) is 48.4 Å². The van der Waals surface area contributed by atoms with E-state index in [4.69, 9.17) is 11.6 Å². The van der Waals surface area contributed by atoms with E-state index < -0.39 is 12.6 Å². The molecule has 0 fully saturated rings. The van der Waals surface area contributed by atoms with Crippen LogP contribution >= 0.6 is 11.6 Å². The Morgan fingerprint density at radius 2 is 2.09 bits per heavy atom. The van der Waals surface area contributed by atoms with Gasteiger partial charge in [-0.1, -0.05) is 17.7 Å². The van der Waals surface area contributed by atoms with E-state index in [1.54, 1.807) is 13.0 Å². The number of carbonyl (C=O) groups is 1. The molecule has 0 aliphatic heterocycles. The molecule has 22 heavy (non-hydrogen) atoms. The zero-order valence-corrected chi connectivity index (χ0v) is 12.5. The summed E-state index contributed by atoms with van der Waals surface area (Å²) < 4.78 is 34.4. The highest BCUT2D eigenvalue weighted by atomic mass is 35.5. The molecule has 4 nitrogen and oxygen atoms in total. The molecule has 0 radical (unpaired) electrons. The first kappa shape index (κ1) is 16.2. The first-order valence-corrected chi connectivity index (χ1v) is 6.60. The highest BCUT2D eigenvalue weighted by Gasteiger charge is 2.21.